The van der Waals surface area contributed by atoms with Gasteiger partial charge in [0.1, 0.15) is 0 Å². The normalized spacial score (nSPS) is 27.3. The summed E-state index contributed by atoms with van der Waals surface area (Å²) in [7, 11) is 4.34. The lowest BCUT2D eigenvalue weighted by atomic mass is 9.79. The maximum atomic E-state index is 10.8. The van der Waals surface area contributed by atoms with E-state index in [1.165, 1.54) is 64.2 Å². The summed E-state index contributed by atoms with van der Waals surface area (Å²) in [6.45, 7) is 0. The molecular weight excluding hydrogens is 222 g/mol. The molecule has 0 spiro atoms. The number of aliphatic hydroxyl groups is 1. The van der Waals surface area contributed by atoms with Gasteiger partial charge in [-0.2, -0.15) is 0 Å². The topological polar surface area (TPSA) is 23.5 Å². The van der Waals surface area contributed by atoms with Crippen LogP contribution in [-0.4, -0.2) is 35.7 Å². The fourth-order valence-electron chi connectivity index (χ4n) is 4.20. The molecule has 2 rings (SSSR count). The third-order valence-electron chi connectivity index (χ3n) is 5.51. The van der Waals surface area contributed by atoms with Gasteiger partial charge in [-0.25, -0.2) is 0 Å². The Labute approximate surface area is 113 Å². The number of aliphatic hydroxyl groups excluding tert-OH is 1. The summed E-state index contributed by atoms with van der Waals surface area (Å²) in [6, 6.07) is 0. The standard InChI is InChI=1S/C16H31NO/c1-17(2)16(11-7-3-4-8-12-16)15(18)13-14-9-5-6-10-14/h14-15,18H,3-13H2,1-2H3. The zero-order chi connectivity index (χ0) is 13.0. The average molecular weight is 253 g/mol. The number of likely N-dealkylation sites (N-methyl/N-ethyl adjacent to an activating group) is 1. The maximum absolute atomic E-state index is 10.8. The lowest BCUT2D eigenvalue weighted by Crippen LogP contribution is -2.53. The molecule has 0 heterocycles. The minimum Gasteiger partial charge on any atom is -0.391 e. The van der Waals surface area contributed by atoms with E-state index in [0.717, 1.165) is 12.3 Å². The molecule has 2 nitrogen and oxygen atoms in total. The van der Waals surface area contributed by atoms with Crippen molar-refractivity contribution in [2.75, 3.05) is 14.1 Å². The molecular formula is C16H31NO. The summed E-state index contributed by atoms with van der Waals surface area (Å²) in [6.07, 6.45) is 14.0. The second-order valence-corrected chi connectivity index (χ2v) is 6.81. The molecule has 2 aliphatic rings. The molecule has 2 heteroatoms. The Balaban J connectivity index is 2.02. The number of hydrogen-bond acceptors (Lipinski definition) is 2. The first-order valence-electron chi connectivity index (χ1n) is 8.01. The first-order chi connectivity index (χ1) is 8.65. The zero-order valence-corrected chi connectivity index (χ0v) is 12.3. The highest BCUT2D eigenvalue weighted by molar-refractivity contribution is 4.96. The minimum atomic E-state index is -0.117. The predicted molar refractivity (Wildman–Crippen MR) is 76.7 cm³/mol. The van der Waals surface area contributed by atoms with Gasteiger partial charge in [0.05, 0.1) is 6.10 Å². The van der Waals surface area contributed by atoms with Crippen LogP contribution >= 0.6 is 0 Å². The maximum Gasteiger partial charge on any atom is 0.0726 e. The fourth-order valence-corrected chi connectivity index (χ4v) is 4.20. The molecule has 0 bridgehead atoms. The molecule has 18 heavy (non-hydrogen) atoms. The van der Waals surface area contributed by atoms with E-state index in [1.54, 1.807) is 0 Å². The van der Waals surface area contributed by atoms with E-state index >= 15 is 0 Å². The van der Waals surface area contributed by atoms with Crippen molar-refractivity contribution in [1.29, 1.82) is 0 Å². The molecule has 2 fully saturated rings. The Bertz CT molecular complexity index is 237. The second-order valence-electron chi connectivity index (χ2n) is 6.81. The smallest absolute Gasteiger partial charge is 0.0726 e. The highest BCUT2D eigenvalue weighted by atomic mass is 16.3. The molecule has 0 aromatic carbocycles. The lowest BCUT2D eigenvalue weighted by molar-refractivity contribution is -0.0302. The Morgan fingerprint density at radius 3 is 2.06 bits per heavy atom. The summed E-state index contributed by atoms with van der Waals surface area (Å²) in [5, 5.41) is 10.8. The van der Waals surface area contributed by atoms with E-state index in [1.807, 2.05) is 0 Å². The van der Waals surface area contributed by atoms with Gasteiger partial charge >= 0.3 is 0 Å². The van der Waals surface area contributed by atoms with Gasteiger partial charge in [-0.1, -0.05) is 51.4 Å². The molecule has 1 N–H and O–H groups in total. The van der Waals surface area contributed by atoms with Gasteiger partial charge in [0.15, 0.2) is 0 Å². The quantitative estimate of drug-likeness (QED) is 0.774. The monoisotopic (exact) mass is 253 g/mol. The van der Waals surface area contributed by atoms with Gasteiger partial charge in [0.25, 0.3) is 0 Å². The van der Waals surface area contributed by atoms with Crippen LogP contribution in [0.5, 0.6) is 0 Å². The van der Waals surface area contributed by atoms with Crippen molar-refractivity contribution in [3.8, 4) is 0 Å². The molecule has 2 saturated carbocycles. The third-order valence-corrected chi connectivity index (χ3v) is 5.51. The molecule has 1 atom stereocenters. The van der Waals surface area contributed by atoms with E-state index < -0.39 is 0 Å². The number of hydrogen-bond donors (Lipinski definition) is 1. The summed E-state index contributed by atoms with van der Waals surface area (Å²) >= 11 is 0. The molecule has 106 valence electrons. The van der Waals surface area contributed by atoms with Crippen LogP contribution in [0.1, 0.15) is 70.6 Å². The summed E-state index contributed by atoms with van der Waals surface area (Å²) in [5.74, 6) is 0.792. The molecule has 0 radical (unpaired) electrons. The van der Waals surface area contributed by atoms with E-state index in [4.69, 9.17) is 0 Å². The third kappa shape index (κ3) is 3.08. The molecule has 0 aliphatic heterocycles. The number of nitrogens with zero attached hydrogens (tertiary/aromatic N) is 1. The first-order valence-corrected chi connectivity index (χ1v) is 8.01. The molecule has 0 aromatic rings. The van der Waals surface area contributed by atoms with Crippen LogP contribution < -0.4 is 0 Å². The van der Waals surface area contributed by atoms with E-state index in [-0.39, 0.29) is 11.6 Å². The molecule has 0 amide bonds. The van der Waals surface area contributed by atoms with E-state index in [0.29, 0.717) is 0 Å². The predicted octanol–water partition coefficient (Wildman–Crippen LogP) is 3.58. The Kier molecular flexibility index (Phi) is 5.08. The number of rotatable bonds is 4. The van der Waals surface area contributed by atoms with Gasteiger partial charge in [0.2, 0.25) is 0 Å². The largest absolute Gasteiger partial charge is 0.391 e. The summed E-state index contributed by atoms with van der Waals surface area (Å²) in [5.41, 5.74) is 0.0685. The Morgan fingerprint density at radius 1 is 1.00 bits per heavy atom. The first kappa shape index (κ1) is 14.3. The highest BCUT2D eigenvalue weighted by Crippen LogP contribution is 2.38. The van der Waals surface area contributed by atoms with Crippen molar-refractivity contribution in [3.63, 3.8) is 0 Å². The molecule has 2 aliphatic carbocycles. The van der Waals surface area contributed by atoms with Gasteiger partial charge in [-0.05, 0) is 39.3 Å². The Morgan fingerprint density at radius 2 is 1.56 bits per heavy atom. The van der Waals surface area contributed by atoms with Crippen molar-refractivity contribution >= 4 is 0 Å². The Hall–Kier alpha value is -0.0800. The molecule has 0 aromatic heterocycles. The SMILES string of the molecule is CN(C)C1(C(O)CC2CCCC2)CCCCCC1. The lowest BCUT2D eigenvalue weighted by Gasteiger charge is -2.44. The van der Waals surface area contributed by atoms with Crippen LogP contribution in [0.25, 0.3) is 0 Å². The van der Waals surface area contributed by atoms with Crippen LogP contribution in [0.3, 0.4) is 0 Å². The van der Waals surface area contributed by atoms with E-state index in [9.17, 15) is 5.11 Å². The van der Waals surface area contributed by atoms with E-state index in [2.05, 4.69) is 19.0 Å². The van der Waals surface area contributed by atoms with Crippen molar-refractivity contribution in [2.24, 2.45) is 5.92 Å². The van der Waals surface area contributed by atoms with Gasteiger partial charge in [-0.3, -0.25) is 0 Å². The summed E-state index contributed by atoms with van der Waals surface area (Å²) < 4.78 is 0. The second kappa shape index (κ2) is 6.38. The molecule has 1 unspecified atom stereocenters. The van der Waals surface area contributed by atoms with Crippen LogP contribution in [0.2, 0.25) is 0 Å². The van der Waals surface area contributed by atoms with Crippen LogP contribution in [-0.2, 0) is 0 Å². The van der Waals surface area contributed by atoms with Gasteiger partial charge in [-0.15, -0.1) is 0 Å². The van der Waals surface area contributed by atoms with Crippen molar-refractivity contribution in [1.82, 2.24) is 4.90 Å². The summed E-state index contributed by atoms with van der Waals surface area (Å²) in [4.78, 5) is 2.33. The van der Waals surface area contributed by atoms with Crippen LogP contribution in [0, 0.1) is 5.92 Å². The average Bonchev–Trinajstić information content (AvgIpc) is 2.70. The van der Waals surface area contributed by atoms with Crippen LogP contribution in [0.4, 0.5) is 0 Å². The molecule has 0 saturated heterocycles. The highest BCUT2D eigenvalue weighted by Gasteiger charge is 2.41. The van der Waals surface area contributed by atoms with Gasteiger partial charge in [0, 0.05) is 5.54 Å². The fraction of sp³-hybridized carbons (Fsp3) is 1.00. The van der Waals surface area contributed by atoms with Crippen molar-refractivity contribution in [3.05, 3.63) is 0 Å². The zero-order valence-electron chi connectivity index (χ0n) is 12.3. The van der Waals surface area contributed by atoms with Gasteiger partial charge < -0.3 is 10.0 Å². The van der Waals surface area contributed by atoms with Crippen LogP contribution in [0.15, 0.2) is 0 Å². The minimum absolute atomic E-state index is 0.0685. The van der Waals surface area contributed by atoms with Crippen molar-refractivity contribution in [2.45, 2.75) is 82.3 Å². The van der Waals surface area contributed by atoms with Crippen molar-refractivity contribution < 1.29 is 5.11 Å².